The third-order valence-corrected chi connectivity index (χ3v) is 11.8. The van der Waals surface area contributed by atoms with Crippen LogP contribution in [0.2, 0.25) is 0 Å². The van der Waals surface area contributed by atoms with Crippen LogP contribution in [0.15, 0.2) is 78.9 Å². The molecule has 0 bridgehead atoms. The molecule has 3 aliphatic rings. The van der Waals surface area contributed by atoms with E-state index >= 15 is 4.79 Å². The summed E-state index contributed by atoms with van der Waals surface area (Å²) < 4.78 is 48.6. The molecule has 2 aliphatic heterocycles. The molecular formula is C47H49FN2O7. The van der Waals surface area contributed by atoms with Gasteiger partial charge in [-0.25, -0.2) is 9.37 Å². The summed E-state index contributed by atoms with van der Waals surface area (Å²) in [5.41, 5.74) is 6.20. The van der Waals surface area contributed by atoms with E-state index in [0.717, 1.165) is 45.3 Å². The molecule has 0 N–H and O–H groups in total. The van der Waals surface area contributed by atoms with E-state index in [2.05, 4.69) is 26.8 Å². The molecule has 57 heavy (non-hydrogen) atoms. The SMILES string of the molecule is COc1cc(/C=C2/CC(C(C)(C)C)Cc3c2nc2ccccc2c3C(=O)N2CC[C@@H](c3ccc(F)cc3)[C@H](COc3ccc4c(c3)OCO4)C2)cc(OC)c1OC. The number of likely N-dealkylation sites (tertiary alicyclic amines) is 1. The fourth-order valence-corrected chi connectivity index (χ4v) is 8.63. The van der Waals surface area contributed by atoms with E-state index < -0.39 is 0 Å². The van der Waals surface area contributed by atoms with Crippen LogP contribution in [0.3, 0.4) is 0 Å². The van der Waals surface area contributed by atoms with Crippen molar-refractivity contribution >= 4 is 28.5 Å². The summed E-state index contributed by atoms with van der Waals surface area (Å²) >= 11 is 0. The summed E-state index contributed by atoms with van der Waals surface area (Å²) in [4.78, 5) is 22.6. The molecule has 10 heteroatoms. The van der Waals surface area contributed by atoms with E-state index in [0.29, 0.717) is 72.6 Å². The molecule has 296 valence electrons. The lowest BCUT2D eigenvalue weighted by molar-refractivity contribution is 0.0594. The highest BCUT2D eigenvalue weighted by Crippen LogP contribution is 2.47. The number of carbonyl (C=O) groups excluding carboxylic acids is 1. The maximum atomic E-state index is 15.3. The zero-order valence-electron chi connectivity index (χ0n) is 33.4. The fraction of sp³-hybridized carbons (Fsp3) is 0.362. The van der Waals surface area contributed by atoms with E-state index in [-0.39, 0.29) is 41.7 Å². The van der Waals surface area contributed by atoms with Gasteiger partial charge >= 0.3 is 0 Å². The Kier molecular flexibility index (Phi) is 10.5. The van der Waals surface area contributed by atoms with Gasteiger partial charge in [0, 0.05) is 30.5 Å². The van der Waals surface area contributed by atoms with Crippen LogP contribution in [0.4, 0.5) is 4.39 Å². The van der Waals surface area contributed by atoms with Crippen molar-refractivity contribution in [1.29, 1.82) is 0 Å². The molecule has 8 rings (SSSR count). The topological polar surface area (TPSA) is 88.6 Å². The Hall–Kier alpha value is -5.77. The quantitative estimate of drug-likeness (QED) is 0.146. The average molecular weight is 773 g/mol. The average Bonchev–Trinajstić information content (AvgIpc) is 3.69. The second-order valence-corrected chi connectivity index (χ2v) is 16.2. The number of rotatable bonds is 9. The van der Waals surface area contributed by atoms with Gasteiger partial charge in [-0.15, -0.1) is 0 Å². The molecule has 9 nitrogen and oxygen atoms in total. The zero-order valence-corrected chi connectivity index (χ0v) is 33.4. The molecule has 1 amide bonds. The van der Waals surface area contributed by atoms with E-state index in [9.17, 15) is 4.39 Å². The van der Waals surface area contributed by atoms with Crippen molar-refractivity contribution in [3.05, 3.63) is 113 Å². The van der Waals surface area contributed by atoms with E-state index in [1.165, 1.54) is 12.1 Å². The van der Waals surface area contributed by atoms with Crippen LogP contribution >= 0.6 is 0 Å². The van der Waals surface area contributed by atoms with E-state index in [1.54, 1.807) is 21.3 Å². The van der Waals surface area contributed by atoms with Gasteiger partial charge in [0.25, 0.3) is 5.91 Å². The smallest absolute Gasteiger partial charge is 0.254 e. The van der Waals surface area contributed by atoms with Gasteiger partial charge < -0.3 is 33.3 Å². The summed E-state index contributed by atoms with van der Waals surface area (Å²) in [5, 5.41) is 0.844. The van der Waals surface area contributed by atoms with Gasteiger partial charge in [0.1, 0.15) is 11.6 Å². The number of benzene rings is 4. The van der Waals surface area contributed by atoms with Crippen molar-refractivity contribution in [2.24, 2.45) is 17.3 Å². The van der Waals surface area contributed by atoms with Crippen molar-refractivity contribution < 1.29 is 37.6 Å². The Morgan fingerprint density at radius 1 is 0.912 bits per heavy atom. The van der Waals surface area contributed by atoms with Crippen LogP contribution in [-0.2, 0) is 6.42 Å². The first-order valence-electron chi connectivity index (χ1n) is 19.5. The van der Waals surface area contributed by atoms with Crippen LogP contribution in [-0.4, -0.2) is 63.6 Å². The molecule has 3 atom stereocenters. The van der Waals surface area contributed by atoms with Crippen molar-refractivity contribution in [1.82, 2.24) is 9.88 Å². The number of hydrogen-bond acceptors (Lipinski definition) is 8. The molecular weight excluding hydrogens is 724 g/mol. The first-order valence-corrected chi connectivity index (χ1v) is 19.5. The second kappa shape index (κ2) is 15.6. The number of aromatic nitrogens is 1. The normalized spacial score (nSPS) is 19.7. The number of piperidine rings is 1. The van der Waals surface area contributed by atoms with Gasteiger partial charge in [-0.05, 0) is 107 Å². The lowest BCUT2D eigenvalue weighted by Crippen LogP contribution is -2.45. The number of carbonyl (C=O) groups is 1. The Morgan fingerprint density at radius 3 is 2.37 bits per heavy atom. The minimum Gasteiger partial charge on any atom is -0.493 e. The molecule has 1 aliphatic carbocycles. The molecule has 0 radical (unpaired) electrons. The molecule has 0 spiro atoms. The van der Waals surface area contributed by atoms with Crippen LogP contribution in [0.1, 0.15) is 72.3 Å². The van der Waals surface area contributed by atoms with Gasteiger partial charge in [-0.1, -0.05) is 51.1 Å². The number of halogens is 1. The molecule has 4 aromatic carbocycles. The third kappa shape index (κ3) is 7.57. The maximum Gasteiger partial charge on any atom is 0.254 e. The molecule has 1 unspecified atom stereocenters. The monoisotopic (exact) mass is 772 g/mol. The predicted octanol–water partition coefficient (Wildman–Crippen LogP) is 9.60. The summed E-state index contributed by atoms with van der Waals surface area (Å²) in [5.74, 6) is 3.58. The number of ether oxygens (including phenoxy) is 6. The van der Waals surface area contributed by atoms with Crippen molar-refractivity contribution in [3.63, 3.8) is 0 Å². The largest absolute Gasteiger partial charge is 0.493 e. The molecule has 1 fully saturated rings. The number of para-hydroxylation sites is 1. The maximum absolute atomic E-state index is 15.3. The van der Waals surface area contributed by atoms with Gasteiger partial charge in [-0.3, -0.25) is 4.79 Å². The summed E-state index contributed by atoms with van der Waals surface area (Å²) in [6, 6.07) is 24.1. The van der Waals surface area contributed by atoms with Gasteiger partial charge in [-0.2, -0.15) is 0 Å². The van der Waals surface area contributed by atoms with Gasteiger partial charge in [0.2, 0.25) is 12.5 Å². The van der Waals surface area contributed by atoms with Crippen molar-refractivity contribution in [2.45, 2.75) is 46.0 Å². The predicted molar refractivity (Wildman–Crippen MR) is 218 cm³/mol. The first kappa shape index (κ1) is 38.1. The van der Waals surface area contributed by atoms with Crippen molar-refractivity contribution in [3.8, 4) is 34.5 Å². The minimum atomic E-state index is -0.277. The Morgan fingerprint density at radius 2 is 1.65 bits per heavy atom. The molecule has 1 aromatic heterocycles. The third-order valence-electron chi connectivity index (χ3n) is 11.8. The zero-order chi connectivity index (χ0) is 39.8. The summed E-state index contributed by atoms with van der Waals surface area (Å²) in [6.45, 7) is 8.34. The Labute approximate surface area is 333 Å². The number of amides is 1. The standard InChI is InChI=1S/C47H49FN2O7/c1-47(2,3)32-22-30(19-28-20-41(52-4)45(54-6)42(21-28)53-5)44-37(23-32)43(36-9-7-8-10-38(36)49-44)46(51)50-18-17-35(29-11-13-33(48)14-12-29)31(25-50)26-55-34-15-16-39-40(24-34)57-27-56-39/h7-16,19-21,24,31-32,35H,17-18,22-23,25-27H2,1-6H3/b30-19-/t31-,32?,35-/m0/s1. The van der Waals surface area contributed by atoms with Crippen LogP contribution in [0.5, 0.6) is 34.5 Å². The van der Waals surface area contributed by atoms with Crippen molar-refractivity contribution in [2.75, 3.05) is 47.8 Å². The molecule has 3 heterocycles. The number of hydrogen-bond donors (Lipinski definition) is 0. The fourth-order valence-electron chi connectivity index (χ4n) is 8.63. The van der Waals surface area contributed by atoms with E-state index in [4.69, 9.17) is 33.4 Å². The molecule has 0 saturated carbocycles. The number of nitrogens with zero attached hydrogens (tertiary/aromatic N) is 2. The second-order valence-electron chi connectivity index (χ2n) is 16.2. The van der Waals surface area contributed by atoms with Gasteiger partial charge in [0.15, 0.2) is 23.0 Å². The Balaban J connectivity index is 1.19. The first-order chi connectivity index (χ1) is 27.5. The van der Waals surface area contributed by atoms with Crippen LogP contribution < -0.4 is 28.4 Å². The number of pyridine rings is 1. The molecule has 5 aromatic rings. The minimum absolute atomic E-state index is 0.0165. The lowest BCUT2D eigenvalue weighted by atomic mass is 9.68. The summed E-state index contributed by atoms with van der Waals surface area (Å²) in [7, 11) is 4.82. The van der Waals surface area contributed by atoms with Crippen LogP contribution in [0, 0.1) is 23.1 Å². The highest BCUT2D eigenvalue weighted by Gasteiger charge is 2.39. The van der Waals surface area contributed by atoms with Crippen LogP contribution in [0.25, 0.3) is 22.6 Å². The highest BCUT2D eigenvalue weighted by molar-refractivity contribution is 6.09. The number of methoxy groups -OCH3 is 3. The highest BCUT2D eigenvalue weighted by atomic mass is 19.1. The van der Waals surface area contributed by atoms with E-state index in [1.807, 2.05) is 71.6 Å². The molecule has 1 saturated heterocycles. The van der Waals surface area contributed by atoms with Gasteiger partial charge in [0.05, 0.1) is 44.7 Å². The Bertz CT molecular complexity index is 2310. The number of allylic oxidation sites excluding steroid dienone is 1. The lowest BCUT2D eigenvalue weighted by Gasteiger charge is -2.40. The number of fused-ring (bicyclic) bond motifs is 3. The summed E-state index contributed by atoms with van der Waals surface area (Å²) in [6.07, 6.45) is 4.35.